The summed E-state index contributed by atoms with van der Waals surface area (Å²) in [6.45, 7) is 2.96. The zero-order valence-electron chi connectivity index (χ0n) is 14.3. The van der Waals surface area contributed by atoms with E-state index in [9.17, 15) is 14.0 Å². The fraction of sp³-hybridized carbons (Fsp3) is 0.421. The van der Waals surface area contributed by atoms with Gasteiger partial charge in [0.1, 0.15) is 11.6 Å². The number of fused-ring (bicyclic) bond motifs is 1. The summed E-state index contributed by atoms with van der Waals surface area (Å²) in [5.74, 6) is 0.315. The molecule has 0 unspecified atom stereocenters. The van der Waals surface area contributed by atoms with Crippen molar-refractivity contribution in [3.05, 3.63) is 63.1 Å². The van der Waals surface area contributed by atoms with Crippen LogP contribution in [0.3, 0.4) is 0 Å². The number of nitrogens with one attached hydrogen (secondary N) is 1. The Labute approximate surface area is 145 Å². The number of nitrogens with zero attached hydrogens (tertiary/aromatic N) is 2. The molecule has 1 aromatic heterocycles. The van der Waals surface area contributed by atoms with Crippen molar-refractivity contribution in [2.24, 2.45) is 0 Å². The average Bonchev–Trinajstić information content (AvgIpc) is 2.59. The van der Waals surface area contributed by atoms with E-state index in [1.54, 1.807) is 17.0 Å². The lowest BCUT2D eigenvalue weighted by Gasteiger charge is -2.28. The third-order valence-electron chi connectivity index (χ3n) is 4.48. The maximum atomic E-state index is 13.3. The number of carbonyl (C=O) groups excluding carboxylic acids is 1. The Balaban J connectivity index is 1.77. The molecule has 5 nitrogen and oxygen atoms in total. The van der Waals surface area contributed by atoms with Gasteiger partial charge in [-0.15, -0.1) is 0 Å². The van der Waals surface area contributed by atoms with Gasteiger partial charge in [0.05, 0.1) is 17.8 Å². The van der Waals surface area contributed by atoms with E-state index in [1.165, 1.54) is 12.1 Å². The summed E-state index contributed by atoms with van der Waals surface area (Å²) in [6.07, 6.45) is 3.31. The molecule has 0 saturated heterocycles. The molecule has 0 bridgehead atoms. The van der Waals surface area contributed by atoms with Crippen molar-refractivity contribution in [2.75, 3.05) is 6.54 Å². The summed E-state index contributed by atoms with van der Waals surface area (Å²) < 4.78 is 13.3. The summed E-state index contributed by atoms with van der Waals surface area (Å²) in [4.78, 5) is 33.6. The highest BCUT2D eigenvalue weighted by Crippen LogP contribution is 2.16. The number of amides is 1. The summed E-state index contributed by atoms with van der Waals surface area (Å²) in [6, 6.07) is 6.27. The number of unbranched alkanes of at least 4 members (excludes halogenated alkanes) is 1. The molecule has 0 saturated carbocycles. The van der Waals surface area contributed by atoms with Crippen molar-refractivity contribution in [1.29, 1.82) is 0 Å². The van der Waals surface area contributed by atoms with Crippen LogP contribution >= 0.6 is 0 Å². The highest BCUT2D eigenvalue weighted by molar-refractivity contribution is 5.76. The maximum absolute atomic E-state index is 13.3. The molecule has 2 heterocycles. The van der Waals surface area contributed by atoms with Crippen molar-refractivity contribution >= 4 is 5.91 Å². The van der Waals surface area contributed by atoms with Crippen LogP contribution in [0, 0.1) is 5.82 Å². The molecule has 1 aliphatic heterocycles. The van der Waals surface area contributed by atoms with Crippen LogP contribution in [-0.2, 0) is 24.2 Å². The molecule has 2 aromatic rings. The highest BCUT2D eigenvalue weighted by atomic mass is 19.1. The zero-order valence-corrected chi connectivity index (χ0v) is 14.3. The summed E-state index contributed by atoms with van der Waals surface area (Å²) in [5, 5.41) is 0. The predicted molar refractivity (Wildman–Crippen MR) is 92.7 cm³/mol. The van der Waals surface area contributed by atoms with E-state index < -0.39 is 0 Å². The first kappa shape index (κ1) is 17.3. The van der Waals surface area contributed by atoms with Gasteiger partial charge >= 0.3 is 0 Å². The third kappa shape index (κ3) is 4.13. The Morgan fingerprint density at radius 2 is 2.24 bits per heavy atom. The number of carbonyl (C=O) groups is 1. The number of benzene rings is 1. The summed E-state index contributed by atoms with van der Waals surface area (Å²) >= 11 is 0. The minimum atomic E-state index is -0.306. The normalized spacial score (nSPS) is 13.6. The topological polar surface area (TPSA) is 66.1 Å². The number of hydrogen-bond donors (Lipinski definition) is 1. The smallest absolute Gasteiger partial charge is 0.256 e. The Morgan fingerprint density at radius 1 is 1.40 bits per heavy atom. The molecule has 3 rings (SSSR count). The van der Waals surface area contributed by atoms with E-state index in [0.717, 1.165) is 24.1 Å². The van der Waals surface area contributed by atoms with Gasteiger partial charge in [-0.1, -0.05) is 25.5 Å². The molecule has 132 valence electrons. The number of H-pyrrole nitrogens is 1. The fourth-order valence-electron chi connectivity index (χ4n) is 3.10. The van der Waals surface area contributed by atoms with E-state index in [1.807, 2.05) is 6.92 Å². The molecule has 25 heavy (non-hydrogen) atoms. The molecule has 1 N–H and O–H groups in total. The lowest BCUT2D eigenvalue weighted by molar-refractivity contribution is -0.132. The van der Waals surface area contributed by atoms with E-state index in [-0.39, 0.29) is 17.3 Å². The van der Waals surface area contributed by atoms with Crippen LogP contribution in [0.2, 0.25) is 0 Å². The number of aromatic amines is 1. The van der Waals surface area contributed by atoms with Crippen molar-refractivity contribution in [1.82, 2.24) is 14.9 Å². The van der Waals surface area contributed by atoms with Gasteiger partial charge < -0.3 is 9.88 Å². The fourth-order valence-corrected chi connectivity index (χ4v) is 3.10. The van der Waals surface area contributed by atoms with Gasteiger partial charge in [-0.2, -0.15) is 0 Å². The minimum absolute atomic E-state index is 0.0933. The molecule has 0 spiro atoms. The zero-order chi connectivity index (χ0) is 17.8. The second-order valence-electron chi connectivity index (χ2n) is 6.41. The second-order valence-corrected chi connectivity index (χ2v) is 6.41. The van der Waals surface area contributed by atoms with Crippen molar-refractivity contribution in [3.8, 4) is 0 Å². The summed E-state index contributed by atoms with van der Waals surface area (Å²) in [5.41, 5.74) is 1.87. The van der Waals surface area contributed by atoms with Crippen LogP contribution in [-0.4, -0.2) is 27.3 Å². The van der Waals surface area contributed by atoms with E-state index in [2.05, 4.69) is 9.97 Å². The van der Waals surface area contributed by atoms with Crippen LogP contribution in [0.4, 0.5) is 4.39 Å². The Kier molecular flexibility index (Phi) is 5.26. The molecule has 0 fully saturated rings. The third-order valence-corrected chi connectivity index (χ3v) is 4.48. The Hall–Kier alpha value is -2.50. The molecule has 1 amide bonds. The first-order chi connectivity index (χ1) is 12.1. The van der Waals surface area contributed by atoms with Crippen LogP contribution in [0.5, 0.6) is 0 Å². The molecule has 0 radical (unpaired) electrons. The van der Waals surface area contributed by atoms with Crippen LogP contribution < -0.4 is 5.56 Å². The molecule has 1 aliphatic rings. The molecule has 6 heteroatoms. The van der Waals surface area contributed by atoms with E-state index in [4.69, 9.17) is 0 Å². The van der Waals surface area contributed by atoms with Gasteiger partial charge in [0.2, 0.25) is 5.91 Å². The van der Waals surface area contributed by atoms with Crippen molar-refractivity contribution in [3.63, 3.8) is 0 Å². The number of aromatic nitrogens is 2. The van der Waals surface area contributed by atoms with Crippen molar-refractivity contribution < 1.29 is 9.18 Å². The van der Waals surface area contributed by atoms with Gasteiger partial charge in [-0.05, 0) is 24.1 Å². The predicted octanol–water partition coefficient (Wildman–Crippen LogP) is 2.57. The van der Waals surface area contributed by atoms with Crippen molar-refractivity contribution in [2.45, 2.75) is 45.6 Å². The van der Waals surface area contributed by atoms with Gasteiger partial charge in [-0.25, -0.2) is 9.37 Å². The molecule has 1 aromatic carbocycles. The molecule has 0 atom stereocenters. The van der Waals surface area contributed by atoms with E-state index in [0.29, 0.717) is 43.7 Å². The standard InChI is InChI=1S/C19H22FN3O2/c1-2-3-7-18(24)23-9-8-16-15(12-23)19(25)22-17(21-16)11-13-5-4-6-14(20)10-13/h4-6,10H,2-3,7-9,11-12H2,1H3,(H,21,22,25). The number of halogens is 1. The second kappa shape index (κ2) is 7.59. The monoisotopic (exact) mass is 343 g/mol. The Morgan fingerprint density at radius 3 is 3.00 bits per heavy atom. The van der Waals surface area contributed by atoms with Gasteiger partial charge in [0, 0.05) is 25.8 Å². The van der Waals surface area contributed by atoms with Gasteiger partial charge in [0.15, 0.2) is 0 Å². The Bertz CT molecular complexity index is 832. The molecule has 0 aliphatic carbocycles. The average molecular weight is 343 g/mol. The quantitative estimate of drug-likeness (QED) is 0.907. The first-order valence-corrected chi connectivity index (χ1v) is 8.70. The van der Waals surface area contributed by atoms with Gasteiger partial charge in [0.25, 0.3) is 5.56 Å². The summed E-state index contributed by atoms with van der Waals surface area (Å²) in [7, 11) is 0. The largest absolute Gasteiger partial charge is 0.338 e. The highest BCUT2D eigenvalue weighted by Gasteiger charge is 2.24. The number of hydrogen-bond acceptors (Lipinski definition) is 3. The minimum Gasteiger partial charge on any atom is -0.338 e. The molecular formula is C19H22FN3O2. The lowest BCUT2D eigenvalue weighted by atomic mass is 10.1. The van der Waals surface area contributed by atoms with E-state index >= 15 is 0 Å². The maximum Gasteiger partial charge on any atom is 0.256 e. The van der Waals surface area contributed by atoms with Crippen LogP contribution in [0.15, 0.2) is 29.1 Å². The lowest BCUT2D eigenvalue weighted by Crippen LogP contribution is -2.39. The SMILES string of the molecule is CCCCC(=O)N1CCc2nc(Cc3cccc(F)c3)[nH]c(=O)c2C1. The van der Waals surface area contributed by atoms with Crippen LogP contribution in [0.1, 0.15) is 48.8 Å². The van der Waals surface area contributed by atoms with Gasteiger partial charge in [-0.3, -0.25) is 9.59 Å². The first-order valence-electron chi connectivity index (χ1n) is 8.70. The molecular weight excluding hydrogens is 321 g/mol. The number of rotatable bonds is 5. The van der Waals surface area contributed by atoms with Crippen LogP contribution in [0.25, 0.3) is 0 Å².